The molecule has 146 valence electrons. The monoisotopic (exact) mass is 370 g/mol. The van der Waals surface area contributed by atoms with Crippen molar-refractivity contribution in [3.05, 3.63) is 54.1 Å². The molecular weight excluding hydrogens is 340 g/mol. The van der Waals surface area contributed by atoms with Gasteiger partial charge in [0.1, 0.15) is 11.5 Å². The van der Waals surface area contributed by atoms with Crippen molar-refractivity contribution < 1.29 is 9.47 Å². The second-order valence-corrected chi connectivity index (χ2v) is 6.28. The molecule has 0 spiro atoms. The third kappa shape index (κ3) is 5.81. The van der Waals surface area contributed by atoms with Gasteiger partial charge in [0.2, 0.25) is 0 Å². The van der Waals surface area contributed by atoms with E-state index < -0.39 is 0 Å². The summed E-state index contributed by atoms with van der Waals surface area (Å²) in [4.78, 5) is 6.55. The van der Waals surface area contributed by atoms with Crippen molar-refractivity contribution >= 4 is 11.6 Å². The predicted octanol–water partition coefficient (Wildman–Crippen LogP) is 2.89. The summed E-state index contributed by atoms with van der Waals surface area (Å²) in [5.41, 5.74) is 2.23. The summed E-state index contributed by atoms with van der Waals surface area (Å²) in [5, 5.41) is 6.71. The molecule has 0 aliphatic heterocycles. The molecule has 0 saturated heterocycles. The Balaban J connectivity index is 1.89. The molecule has 0 aliphatic rings. The highest BCUT2D eigenvalue weighted by Crippen LogP contribution is 2.24. The number of benzene rings is 2. The molecule has 2 N–H and O–H groups in total. The molecule has 0 amide bonds. The van der Waals surface area contributed by atoms with Crippen LogP contribution in [0.1, 0.15) is 12.5 Å². The maximum absolute atomic E-state index is 5.45. The van der Waals surface area contributed by atoms with Gasteiger partial charge in [-0.25, -0.2) is 0 Å². The number of guanidine groups is 1. The van der Waals surface area contributed by atoms with Gasteiger partial charge in [-0.05, 0) is 31.2 Å². The van der Waals surface area contributed by atoms with E-state index in [1.165, 1.54) is 5.69 Å². The highest BCUT2D eigenvalue weighted by Gasteiger charge is 2.11. The minimum atomic E-state index is 0.307. The van der Waals surface area contributed by atoms with Gasteiger partial charge in [-0.3, -0.25) is 4.99 Å². The zero-order valence-corrected chi connectivity index (χ0v) is 16.8. The number of nitrogens with zero attached hydrogens (tertiary/aromatic N) is 2. The molecule has 0 aromatic heterocycles. The van der Waals surface area contributed by atoms with Crippen LogP contribution in [0.4, 0.5) is 5.69 Å². The molecule has 0 bridgehead atoms. The van der Waals surface area contributed by atoms with Crippen molar-refractivity contribution in [1.82, 2.24) is 10.6 Å². The Hall–Kier alpha value is -2.89. The lowest BCUT2D eigenvalue weighted by molar-refractivity contribution is 0.390. The number of aliphatic imine (C=N–C) groups is 1. The number of methoxy groups -OCH3 is 2. The third-order valence-electron chi connectivity index (χ3n) is 4.55. The Labute approximate surface area is 162 Å². The first-order valence-electron chi connectivity index (χ1n) is 9.02. The maximum Gasteiger partial charge on any atom is 0.191 e. The Bertz CT molecular complexity index is 734. The van der Waals surface area contributed by atoms with Crippen LogP contribution in [0.15, 0.2) is 53.5 Å². The fourth-order valence-electron chi connectivity index (χ4n) is 2.70. The molecule has 1 atom stereocenters. The summed E-state index contributed by atoms with van der Waals surface area (Å²) >= 11 is 0. The van der Waals surface area contributed by atoms with Gasteiger partial charge in [0.05, 0.1) is 14.2 Å². The van der Waals surface area contributed by atoms with Crippen LogP contribution in [-0.4, -0.2) is 46.9 Å². The smallest absolute Gasteiger partial charge is 0.191 e. The summed E-state index contributed by atoms with van der Waals surface area (Å²) in [5.74, 6) is 2.31. The molecule has 0 heterocycles. The van der Waals surface area contributed by atoms with Gasteiger partial charge in [-0.2, -0.15) is 0 Å². The first kappa shape index (κ1) is 20.4. The molecule has 0 radical (unpaired) electrons. The number of nitrogens with one attached hydrogen (secondary N) is 2. The standard InChI is InChI=1S/C21H30N4O2/c1-16(25(3)18-9-7-6-8-10-18)14-23-21(22-2)24-15-17-11-12-19(26-4)13-20(17)27-5/h6-13,16H,14-15H2,1-5H3,(H2,22,23,24). The number of anilines is 1. The molecule has 2 aromatic carbocycles. The predicted molar refractivity (Wildman–Crippen MR) is 112 cm³/mol. The number of hydrogen-bond donors (Lipinski definition) is 2. The highest BCUT2D eigenvalue weighted by molar-refractivity contribution is 5.79. The lowest BCUT2D eigenvalue weighted by Gasteiger charge is -2.28. The molecule has 27 heavy (non-hydrogen) atoms. The van der Waals surface area contributed by atoms with Crippen LogP contribution in [0.5, 0.6) is 11.5 Å². The summed E-state index contributed by atoms with van der Waals surface area (Å²) in [6, 6.07) is 16.4. The highest BCUT2D eigenvalue weighted by atomic mass is 16.5. The van der Waals surface area contributed by atoms with E-state index in [2.05, 4.69) is 58.8 Å². The molecular formula is C21H30N4O2. The van der Waals surface area contributed by atoms with Crippen molar-refractivity contribution in [3.8, 4) is 11.5 Å². The molecule has 0 aliphatic carbocycles. The van der Waals surface area contributed by atoms with E-state index in [0.29, 0.717) is 12.6 Å². The first-order chi connectivity index (χ1) is 13.1. The van der Waals surface area contributed by atoms with Crippen LogP contribution in [0.2, 0.25) is 0 Å². The maximum atomic E-state index is 5.45. The molecule has 2 rings (SSSR count). The number of hydrogen-bond acceptors (Lipinski definition) is 4. The molecule has 2 aromatic rings. The summed E-state index contributed by atoms with van der Waals surface area (Å²) in [7, 11) is 7.17. The normalized spacial score (nSPS) is 12.3. The largest absolute Gasteiger partial charge is 0.497 e. The third-order valence-corrected chi connectivity index (χ3v) is 4.55. The van der Waals surface area contributed by atoms with Gasteiger partial charge in [0.25, 0.3) is 0 Å². The minimum absolute atomic E-state index is 0.307. The van der Waals surface area contributed by atoms with Crippen molar-refractivity contribution in [2.75, 3.05) is 39.8 Å². The van der Waals surface area contributed by atoms with Crippen molar-refractivity contribution in [3.63, 3.8) is 0 Å². The molecule has 0 saturated carbocycles. The molecule has 6 heteroatoms. The van der Waals surface area contributed by atoms with Crippen molar-refractivity contribution in [2.45, 2.75) is 19.5 Å². The second-order valence-electron chi connectivity index (χ2n) is 6.28. The number of ether oxygens (including phenoxy) is 2. The van der Waals surface area contributed by atoms with Gasteiger partial charge in [0, 0.05) is 50.5 Å². The Morgan fingerprint density at radius 3 is 2.44 bits per heavy atom. The number of likely N-dealkylation sites (N-methyl/N-ethyl adjacent to an activating group) is 1. The molecule has 6 nitrogen and oxygen atoms in total. The van der Waals surface area contributed by atoms with E-state index in [4.69, 9.17) is 9.47 Å². The van der Waals surface area contributed by atoms with Gasteiger partial charge < -0.3 is 25.0 Å². The number of rotatable bonds is 8. The van der Waals surface area contributed by atoms with Gasteiger partial charge >= 0.3 is 0 Å². The Kier molecular flexibility index (Phi) is 7.79. The van der Waals surface area contributed by atoms with E-state index in [1.807, 2.05) is 24.3 Å². The summed E-state index contributed by atoms with van der Waals surface area (Å²) in [6.07, 6.45) is 0. The van der Waals surface area contributed by atoms with E-state index in [1.54, 1.807) is 21.3 Å². The SMILES string of the molecule is CN=C(NCc1ccc(OC)cc1OC)NCC(C)N(C)c1ccccc1. The average Bonchev–Trinajstić information content (AvgIpc) is 2.73. The number of para-hydroxylation sites is 1. The van der Waals surface area contributed by atoms with Gasteiger partial charge in [-0.1, -0.05) is 18.2 Å². The lowest BCUT2D eigenvalue weighted by atomic mass is 10.2. The Morgan fingerprint density at radius 1 is 1.07 bits per heavy atom. The summed E-state index contributed by atoms with van der Waals surface area (Å²) in [6.45, 7) is 3.56. The van der Waals surface area contributed by atoms with E-state index >= 15 is 0 Å². The van der Waals surface area contributed by atoms with Crippen LogP contribution in [-0.2, 0) is 6.54 Å². The minimum Gasteiger partial charge on any atom is -0.497 e. The summed E-state index contributed by atoms with van der Waals surface area (Å²) < 4.78 is 10.7. The van der Waals surface area contributed by atoms with Crippen LogP contribution < -0.4 is 25.0 Å². The van der Waals surface area contributed by atoms with Gasteiger partial charge in [0.15, 0.2) is 5.96 Å². The van der Waals surface area contributed by atoms with Crippen LogP contribution in [0.3, 0.4) is 0 Å². The Morgan fingerprint density at radius 2 is 1.81 bits per heavy atom. The molecule has 1 unspecified atom stereocenters. The average molecular weight is 370 g/mol. The van der Waals surface area contributed by atoms with Gasteiger partial charge in [-0.15, -0.1) is 0 Å². The molecule has 0 fully saturated rings. The zero-order chi connectivity index (χ0) is 19.6. The van der Waals surface area contributed by atoms with Crippen molar-refractivity contribution in [2.24, 2.45) is 4.99 Å². The van der Waals surface area contributed by atoms with E-state index in [9.17, 15) is 0 Å². The van der Waals surface area contributed by atoms with E-state index in [0.717, 1.165) is 29.6 Å². The zero-order valence-electron chi connectivity index (χ0n) is 16.8. The first-order valence-corrected chi connectivity index (χ1v) is 9.02. The fraction of sp³-hybridized carbons (Fsp3) is 0.381. The van der Waals surface area contributed by atoms with Crippen LogP contribution in [0.25, 0.3) is 0 Å². The second kappa shape index (κ2) is 10.3. The lowest BCUT2D eigenvalue weighted by Crippen LogP contribution is -2.44. The van der Waals surface area contributed by atoms with Crippen LogP contribution in [0, 0.1) is 0 Å². The van der Waals surface area contributed by atoms with E-state index in [-0.39, 0.29) is 0 Å². The van der Waals surface area contributed by atoms with Crippen LogP contribution >= 0.6 is 0 Å². The quantitative estimate of drug-likeness (QED) is 0.553. The fourth-order valence-corrected chi connectivity index (χ4v) is 2.70. The van der Waals surface area contributed by atoms with Crippen molar-refractivity contribution in [1.29, 1.82) is 0 Å². The topological polar surface area (TPSA) is 58.1 Å².